The zero-order valence-electron chi connectivity index (χ0n) is 20.4. The fraction of sp³-hybridized carbons (Fsp3) is 0.583. The highest BCUT2D eigenvalue weighted by Gasteiger charge is 2.30. The van der Waals surface area contributed by atoms with Gasteiger partial charge in [0.15, 0.2) is 0 Å². The number of hydrogen-bond donors (Lipinski definition) is 2. The summed E-state index contributed by atoms with van der Waals surface area (Å²) >= 11 is 0. The molecule has 0 aliphatic rings. The van der Waals surface area contributed by atoms with E-state index < -0.39 is 41.4 Å². The first-order valence-electron chi connectivity index (χ1n) is 11.5. The molecule has 11 heteroatoms. The number of nitrogens with two attached hydrogens (primary N) is 1. The molecule has 0 saturated heterocycles. The van der Waals surface area contributed by atoms with E-state index >= 15 is 0 Å². The van der Waals surface area contributed by atoms with E-state index in [2.05, 4.69) is 11.9 Å². The lowest BCUT2D eigenvalue weighted by Gasteiger charge is -2.28. The molecule has 0 aliphatic carbocycles. The molecule has 0 spiro atoms. The van der Waals surface area contributed by atoms with E-state index in [1.807, 2.05) is 31.2 Å². The Morgan fingerprint density at radius 2 is 1.94 bits per heavy atom. The van der Waals surface area contributed by atoms with E-state index in [1.165, 1.54) is 4.90 Å². The van der Waals surface area contributed by atoms with E-state index in [0.717, 1.165) is 17.5 Å². The summed E-state index contributed by atoms with van der Waals surface area (Å²) in [5.74, 6) is -1.07. The number of rotatable bonds is 15. The van der Waals surface area contributed by atoms with Crippen molar-refractivity contribution in [3.63, 3.8) is 0 Å². The Bertz CT molecular complexity index is 865. The average molecular weight is 520 g/mol. The van der Waals surface area contributed by atoms with Crippen LogP contribution in [0.25, 0.3) is 0 Å². The first-order valence-corrected chi connectivity index (χ1v) is 13.0. The van der Waals surface area contributed by atoms with Crippen LogP contribution >= 0.6 is 0 Å². The van der Waals surface area contributed by atoms with Crippen LogP contribution in [0.1, 0.15) is 44.2 Å². The number of hydrogen-bond acceptors (Lipinski definition) is 5. The molecular formula is C24H36F3N3O4S. The van der Waals surface area contributed by atoms with Gasteiger partial charge in [0.25, 0.3) is 0 Å². The molecule has 35 heavy (non-hydrogen) atoms. The number of nitrogens with zero attached hydrogens (tertiary/aromatic N) is 1. The lowest BCUT2D eigenvalue weighted by molar-refractivity contribution is -0.135. The van der Waals surface area contributed by atoms with Crippen molar-refractivity contribution in [3.05, 3.63) is 47.5 Å². The van der Waals surface area contributed by atoms with Crippen molar-refractivity contribution in [2.75, 3.05) is 31.2 Å². The second kappa shape index (κ2) is 15.6. The topological polar surface area (TPSA) is 102 Å². The highest BCUT2D eigenvalue weighted by molar-refractivity contribution is 7.85. The van der Waals surface area contributed by atoms with E-state index in [4.69, 9.17) is 10.5 Å². The second-order valence-electron chi connectivity index (χ2n) is 8.34. The maximum absolute atomic E-state index is 13.4. The minimum Gasteiger partial charge on any atom is -0.445 e. The third-order valence-corrected chi connectivity index (χ3v) is 6.39. The molecule has 1 aromatic rings. The molecule has 198 valence electrons. The fourth-order valence-corrected chi connectivity index (χ4v) is 4.42. The SMILES string of the molecule is C=C(C)COC(=O)N[C@H](CS(=O)CCCC(F)(F)F)C(=O)N(CCCN)Cc1cccc(CC)c1. The average Bonchev–Trinajstić information content (AvgIpc) is 2.78. The van der Waals surface area contributed by atoms with Crippen LogP contribution in [-0.2, 0) is 33.3 Å². The number of aryl methyl sites for hydroxylation is 1. The molecule has 1 rings (SSSR count). The predicted octanol–water partition coefficient (Wildman–Crippen LogP) is 3.69. The second-order valence-corrected chi connectivity index (χ2v) is 9.96. The Kier molecular flexibility index (Phi) is 13.6. The molecular weight excluding hydrogens is 483 g/mol. The highest BCUT2D eigenvalue weighted by Crippen LogP contribution is 2.21. The van der Waals surface area contributed by atoms with Gasteiger partial charge in [-0.25, -0.2) is 4.79 Å². The summed E-state index contributed by atoms with van der Waals surface area (Å²) in [6.07, 6.45) is -5.33. The van der Waals surface area contributed by atoms with Crippen molar-refractivity contribution < 1.29 is 31.7 Å². The van der Waals surface area contributed by atoms with Gasteiger partial charge in [0.05, 0.1) is 5.75 Å². The van der Waals surface area contributed by atoms with Gasteiger partial charge in [-0.2, -0.15) is 13.2 Å². The molecule has 2 atom stereocenters. The maximum atomic E-state index is 13.4. The summed E-state index contributed by atoms with van der Waals surface area (Å²) in [6, 6.07) is 6.48. The molecule has 0 fully saturated rings. The lowest BCUT2D eigenvalue weighted by atomic mass is 10.1. The van der Waals surface area contributed by atoms with Gasteiger partial charge in [-0.1, -0.05) is 37.8 Å². The van der Waals surface area contributed by atoms with Gasteiger partial charge in [0.2, 0.25) is 5.91 Å². The van der Waals surface area contributed by atoms with E-state index in [1.54, 1.807) is 6.92 Å². The molecule has 0 aromatic heterocycles. The highest BCUT2D eigenvalue weighted by atomic mass is 32.2. The molecule has 0 bridgehead atoms. The number of alkyl halides is 3. The zero-order chi connectivity index (χ0) is 26.4. The van der Waals surface area contributed by atoms with Gasteiger partial charge in [-0.05, 0) is 49.4 Å². The monoisotopic (exact) mass is 519 g/mol. The summed E-state index contributed by atoms with van der Waals surface area (Å²) in [5, 5.41) is 2.43. The van der Waals surface area contributed by atoms with Crippen LogP contribution in [0.5, 0.6) is 0 Å². The van der Waals surface area contributed by atoms with Crippen molar-refractivity contribution in [2.45, 2.75) is 58.3 Å². The van der Waals surface area contributed by atoms with Crippen molar-refractivity contribution >= 4 is 22.8 Å². The number of alkyl carbamates (subject to hydrolysis) is 1. The molecule has 0 aliphatic heterocycles. The Morgan fingerprint density at radius 1 is 1.26 bits per heavy atom. The third kappa shape index (κ3) is 13.3. The number of nitrogens with one attached hydrogen (secondary N) is 1. The Hall–Kier alpha value is -2.40. The van der Waals surface area contributed by atoms with Crippen LogP contribution in [0.3, 0.4) is 0 Å². The molecule has 1 unspecified atom stereocenters. The molecule has 0 heterocycles. The molecule has 0 radical (unpaired) electrons. The third-order valence-electron chi connectivity index (χ3n) is 4.94. The first kappa shape index (κ1) is 30.6. The van der Waals surface area contributed by atoms with E-state index in [0.29, 0.717) is 25.1 Å². The Balaban J connectivity index is 3.03. The summed E-state index contributed by atoms with van der Waals surface area (Å²) in [7, 11) is -1.77. The zero-order valence-corrected chi connectivity index (χ0v) is 21.2. The Morgan fingerprint density at radius 3 is 2.54 bits per heavy atom. The quantitative estimate of drug-likeness (QED) is 0.344. The number of carbonyl (C=O) groups is 2. The summed E-state index contributed by atoms with van der Waals surface area (Å²) in [4.78, 5) is 27.2. The van der Waals surface area contributed by atoms with Crippen LogP contribution in [0.15, 0.2) is 36.4 Å². The van der Waals surface area contributed by atoms with Gasteiger partial charge in [-0.15, -0.1) is 0 Å². The summed E-state index contributed by atoms with van der Waals surface area (Å²) in [5.41, 5.74) is 8.19. The summed E-state index contributed by atoms with van der Waals surface area (Å²) in [6.45, 7) is 8.11. The maximum Gasteiger partial charge on any atom is 0.408 e. The Labute approximate surface area is 207 Å². The predicted molar refractivity (Wildman–Crippen MR) is 131 cm³/mol. The van der Waals surface area contributed by atoms with Gasteiger partial charge in [0, 0.05) is 36.1 Å². The van der Waals surface area contributed by atoms with E-state index in [-0.39, 0.29) is 31.1 Å². The molecule has 3 N–H and O–H groups in total. The minimum atomic E-state index is -4.35. The van der Waals surface area contributed by atoms with Gasteiger partial charge >= 0.3 is 12.3 Å². The smallest absolute Gasteiger partial charge is 0.408 e. The fourth-order valence-electron chi connectivity index (χ4n) is 3.19. The van der Waals surface area contributed by atoms with Crippen LogP contribution in [0.4, 0.5) is 18.0 Å². The van der Waals surface area contributed by atoms with Gasteiger partial charge in [-0.3, -0.25) is 9.00 Å². The van der Waals surface area contributed by atoms with Crippen LogP contribution in [0.2, 0.25) is 0 Å². The van der Waals surface area contributed by atoms with Crippen molar-refractivity contribution in [1.29, 1.82) is 0 Å². The van der Waals surface area contributed by atoms with Gasteiger partial charge < -0.3 is 20.7 Å². The summed E-state index contributed by atoms with van der Waals surface area (Å²) < 4.78 is 54.9. The molecule has 2 amide bonds. The number of benzene rings is 1. The number of amides is 2. The first-order chi connectivity index (χ1) is 16.4. The van der Waals surface area contributed by atoms with E-state index in [9.17, 15) is 27.0 Å². The number of ether oxygens (including phenoxy) is 1. The molecule has 0 saturated carbocycles. The largest absolute Gasteiger partial charge is 0.445 e. The van der Waals surface area contributed by atoms with Crippen LogP contribution in [0, 0.1) is 0 Å². The minimum absolute atomic E-state index is 0.0673. The molecule has 1 aromatic carbocycles. The van der Waals surface area contributed by atoms with Crippen molar-refractivity contribution in [1.82, 2.24) is 10.2 Å². The molecule has 7 nitrogen and oxygen atoms in total. The van der Waals surface area contributed by atoms with Crippen LogP contribution < -0.4 is 11.1 Å². The van der Waals surface area contributed by atoms with Crippen LogP contribution in [-0.4, -0.2) is 64.5 Å². The normalized spacial score (nSPS) is 13.1. The number of carbonyl (C=O) groups excluding carboxylic acids is 2. The number of halogens is 3. The lowest BCUT2D eigenvalue weighted by Crippen LogP contribution is -2.51. The standard InChI is InChI=1S/C24H36F3N3O4S/c1-4-19-8-5-9-20(14-19)15-30(12-7-11-28)22(31)21(29-23(32)34-16-18(2)3)17-35(33)13-6-10-24(25,26)27/h5,8-9,14,21H,2,4,6-7,10-13,15-17,28H2,1,3H3,(H,29,32)/t21-,35?/m1/s1. The van der Waals surface area contributed by atoms with Gasteiger partial charge in [0.1, 0.15) is 12.6 Å². The van der Waals surface area contributed by atoms with Crippen molar-refractivity contribution in [2.24, 2.45) is 5.73 Å². The van der Waals surface area contributed by atoms with Crippen molar-refractivity contribution in [3.8, 4) is 0 Å².